The average Bonchev–Trinajstić information content (AvgIpc) is 2.34. The lowest BCUT2D eigenvalue weighted by atomic mass is 9.97. The van der Waals surface area contributed by atoms with Gasteiger partial charge in [-0.3, -0.25) is 4.79 Å². The van der Waals surface area contributed by atoms with Crippen molar-refractivity contribution in [1.29, 1.82) is 0 Å². The van der Waals surface area contributed by atoms with E-state index in [2.05, 4.69) is 13.8 Å². The zero-order valence-corrected chi connectivity index (χ0v) is 13.5. The molecule has 0 aromatic heterocycles. The quantitative estimate of drug-likeness (QED) is 0.438. The normalized spacial score (nSPS) is 13.3. The topological polar surface area (TPSA) is 35.5 Å². The number of esters is 1. The van der Waals surface area contributed by atoms with Gasteiger partial charge in [-0.25, -0.2) is 0 Å². The molecule has 19 heavy (non-hydrogen) atoms. The van der Waals surface area contributed by atoms with E-state index in [0.717, 1.165) is 38.9 Å². The van der Waals surface area contributed by atoms with Crippen LogP contribution in [0, 0.1) is 5.41 Å². The fraction of sp³-hybridized carbons (Fsp3) is 0.938. The van der Waals surface area contributed by atoms with Crippen molar-refractivity contribution in [2.75, 3.05) is 13.2 Å². The summed E-state index contributed by atoms with van der Waals surface area (Å²) in [6, 6.07) is 0. The highest BCUT2D eigenvalue weighted by Gasteiger charge is 2.25. The number of hydrogen-bond donors (Lipinski definition) is 0. The molecular weight excluding hydrogens is 240 g/mol. The van der Waals surface area contributed by atoms with E-state index in [9.17, 15) is 4.79 Å². The van der Waals surface area contributed by atoms with E-state index in [1.807, 2.05) is 20.8 Å². The Bertz CT molecular complexity index is 231. The van der Waals surface area contributed by atoms with Gasteiger partial charge < -0.3 is 9.47 Å². The zero-order valence-electron chi connectivity index (χ0n) is 13.5. The van der Waals surface area contributed by atoms with Gasteiger partial charge in [-0.05, 0) is 46.5 Å². The van der Waals surface area contributed by atoms with Crippen LogP contribution in [0.4, 0.5) is 0 Å². The maximum Gasteiger partial charge on any atom is 0.311 e. The van der Waals surface area contributed by atoms with Crippen LogP contribution in [-0.4, -0.2) is 25.3 Å². The molecule has 1 unspecified atom stereocenters. The van der Waals surface area contributed by atoms with Crippen molar-refractivity contribution in [3.05, 3.63) is 0 Å². The fourth-order valence-electron chi connectivity index (χ4n) is 1.64. The summed E-state index contributed by atoms with van der Waals surface area (Å²) in [6.45, 7) is 11.5. The van der Waals surface area contributed by atoms with Crippen LogP contribution < -0.4 is 0 Å². The summed E-state index contributed by atoms with van der Waals surface area (Å²) in [5.41, 5.74) is -0.413. The maximum atomic E-state index is 11.8. The Hall–Kier alpha value is -0.570. The molecule has 114 valence electrons. The summed E-state index contributed by atoms with van der Waals surface area (Å²) in [6.07, 6.45) is 6.37. The van der Waals surface area contributed by atoms with Gasteiger partial charge >= 0.3 is 5.97 Å². The van der Waals surface area contributed by atoms with E-state index < -0.39 is 5.41 Å². The van der Waals surface area contributed by atoms with Crippen LogP contribution in [0.5, 0.6) is 0 Å². The van der Waals surface area contributed by atoms with Crippen LogP contribution >= 0.6 is 0 Å². The molecule has 3 heteroatoms. The molecule has 0 heterocycles. The minimum absolute atomic E-state index is 0.0333. The first-order chi connectivity index (χ1) is 8.91. The van der Waals surface area contributed by atoms with E-state index in [4.69, 9.17) is 9.47 Å². The van der Waals surface area contributed by atoms with E-state index >= 15 is 0 Å². The third kappa shape index (κ3) is 9.94. The summed E-state index contributed by atoms with van der Waals surface area (Å²) in [5, 5.41) is 0. The smallest absolute Gasteiger partial charge is 0.311 e. The highest BCUT2D eigenvalue weighted by atomic mass is 16.5. The molecule has 0 aliphatic heterocycles. The second kappa shape index (κ2) is 10.2. The number of carbonyl (C=O) groups is 1. The monoisotopic (exact) mass is 272 g/mol. The Morgan fingerprint density at radius 2 is 1.68 bits per heavy atom. The molecule has 0 rings (SSSR count). The van der Waals surface area contributed by atoms with Crippen molar-refractivity contribution in [3.63, 3.8) is 0 Å². The Labute approximate surface area is 119 Å². The first kappa shape index (κ1) is 18.4. The summed E-state index contributed by atoms with van der Waals surface area (Å²) in [7, 11) is 0. The number of unbranched alkanes of at least 4 members (excludes halogenated alkanes) is 2. The SMILES string of the molecule is CCCCCOCCCC(CC)OC(=O)C(C)(C)C. The van der Waals surface area contributed by atoms with Crippen molar-refractivity contribution in [2.24, 2.45) is 5.41 Å². The van der Waals surface area contributed by atoms with Gasteiger partial charge in [0.1, 0.15) is 6.10 Å². The first-order valence-corrected chi connectivity index (χ1v) is 7.70. The molecule has 0 bridgehead atoms. The highest BCUT2D eigenvalue weighted by Crippen LogP contribution is 2.18. The molecule has 0 saturated heterocycles. The van der Waals surface area contributed by atoms with Gasteiger partial charge in [0, 0.05) is 13.2 Å². The second-order valence-corrected chi connectivity index (χ2v) is 6.15. The Morgan fingerprint density at radius 3 is 2.21 bits per heavy atom. The zero-order chi connectivity index (χ0) is 14.7. The van der Waals surface area contributed by atoms with E-state index in [1.165, 1.54) is 12.8 Å². The molecule has 0 fully saturated rings. The number of ether oxygens (including phenoxy) is 2. The molecule has 0 aliphatic rings. The minimum atomic E-state index is -0.413. The second-order valence-electron chi connectivity index (χ2n) is 6.15. The van der Waals surface area contributed by atoms with Crippen LogP contribution in [-0.2, 0) is 14.3 Å². The summed E-state index contributed by atoms with van der Waals surface area (Å²) in [5.74, 6) is -0.108. The highest BCUT2D eigenvalue weighted by molar-refractivity contribution is 5.75. The molecule has 0 saturated carbocycles. The molecule has 0 N–H and O–H groups in total. The van der Waals surface area contributed by atoms with Crippen molar-refractivity contribution in [3.8, 4) is 0 Å². The molecule has 3 nitrogen and oxygen atoms in total. The molecule has 0 aliphatic carbocycles. The average molecular weight is 272 g/mol. The summed E-state index contributed by atoms with van der Waals surface area (Å²) in [4.78, 5) is 11.8. The van der Waals surface area contributed by atoms with E-state index in [1.54, 1.807) is 0 Å². The van der Waals surface area contributed by atoms with Crippen LogP contribution in [0.1, 0.15) is 73.1 Å². The molecule has 1 atom stereocenters. The van der Waals surface area contributed by atoms with Gasteiger partial charge in [0.25, 0.3) is 0 Å². The number of carbonyl (C=O) groups excluding carboxylic acids is 1. The lowest BCUT2D eigenvalue weighted by Crippen LogP contribution is -2.28. The van der Waals surface area contributed by atoms with Gasteiger partial charge in [0.15, 0.2) is 0 Å². The van der Waals surface area contributed by atoms with Gasteiger partial charge in [0.2, 0.25) is 0 Å². The Kier molecular flexibility index (Phi) is 9.94. The number of rotatable bonds is 10. The molecule has 0 aromatic rings. The predicted molar refractivity (Wildman–Crippen MR) is 79.2 cm³/mol. The molecular formula is C16H32O3. The van der Waals surface area contributed by atoms with Crippen LogP contribution in [0.15, 0.2) is 0 Å². The molecule has 0 radical (unpaired) electrons. The summed E-state index contributed by atoms with van der Waals surface area (Å²) >= 11 is 0. The van der Waals surface area contributed by atoms with Gasteiger partial charge in [0.05, 0.1) is 5.41 Å². The van der Waals surface area contributed by atoms with E-state index in [0.29, 0.717) is 0 Å². The van der Waals surface area contributed by atoms with Gasteiger partial charge in [-0.15, -0.1) is 0 Å². The van der Waals surface area contributed by atoms with Crippen molar-refractivity contribution in [1.82, 2.24) is 0 Å². The Balaban J connectivity index is 3.68. The molecule has 0 aromatic carbocycles. The van der Waals surface area contributed by atoms with Crippen molar-refractivity contribution in [2.45, 2.75) is 79.2 Å². The lowest BCUT2D eigenvalue weighted by Gasteiger charge is -2.22. The van der Waals surface area contributed by atoms with Crippen molar-refractivity contribution < 1.29 is 14.3 Å². The lowest BCUT2D eigenvalue weighted by molar-refractivity contribution is -0.159. The van der Waals surface area contributed by atoms with Crippen LogP contribution in [0.2, 0.25) is 0 Å². The predicted octanol–water partition coefficient (Wildman–Crippen LogP) is 4.34. The third-order valence-electron chi connectivity index (χ3n) is 3.05. The molecule has 0 spiro atoms. The maximum absolute atomic E-state index is 11.8. The largest absolute Gasteiger partial charge is 0.462 e. The van der Waals surface area contributed by atoms with Gasteiger partial charge in [-0.2, -0.15) is 0 Å². The minimum Gasteiger partial charge on any atom is -0.462 e. The molecule has 0 amide bonds. The fourth-order valence-corrected chi connectivity index (χ4v) is 1.64. The first-order valence-electron chi connectivity index (χ1n) is 7.70. The number of hydrogen-bond acceptors (Lipinski definition) is 3. The van der Waals surface area contributed by atoms with Crippen LogP contribution in [0.25, 0.3) is 0 Å². The Morgan fingerprint density at radius 1 is 1.05 bits per heavy atom. The van der Waals surface area contributed by atoms with Crippen LogP contribution in [0.3, 0.4) is 0 Å². The standard InChI is InChI=1S/C16H32O3/c1-6-8-9-12-18-13-10-11-14(7-2)19-15(17)16(3,4)5/h14H,6-13H2,1-5H3. The third-order valence-corrected chi connectivity index (χ3v) is 3.05. The van der Waals surface area contributed by atoms with Crippen molar-refractivity contribution >= 4 is 5.97 Å². The van der Waals surface area contributed by atoms with E-state index in [-0.39, 0.29) is 12.1 Å². The van der Waals surface area contributed by atoms with Gasteiger partial charge in [-0.1, -0.05) is 26.7 Å². The summed E-state index contributed by atoms with van der Waals surface area (Å²) < 4.78 is 11.1.